The average Bonchev–Trinajstić information content (AvgIpc) is 3.39. The minimum absolute atomic E-state index is 0.181. The van der Waals surface area contributed by atoms with Crippen LogP contribution in [0.25, 0.3) is 22.0 Å². The van der Waals surface area contributed by atoms with Crippen molar-refractivity contribution in [2.24, 2.45) is 14.1 Å². The van der Waals surface area contributed by atoms with Gasteiger partial charge in [0.25, 0.3) is 5.56 Å². The Balaban J connectivity index is 1.48. The van der Waals surface area contributed by atoms with Crippen molar-refractivity contribution in [1.29, 1.82) is 0 Å². The van der Waals surface area contributed by atoms with Crippen LogP contribution in [0.2, 0.25) is 0 Å². The molecule has 4 aromatic heterocycles. The van der Waals surface area contributed by atoms with Gasteiger partial charge in [0.1, 0.15) is 17.2 Å². The number of pyridine rings is 2. The van der Waals surface area contributed by atoms with Gasteiger partial charge in [-0.05, 0) is 41.5 Å². The summed E-state index contributed by atoms with van der Waals surface area (Å²) in [6.07, 6.45) is 8.86. The maximum Gasteiger partial charge on any atom is 0.272 e. The van der Waals surface area contributed by atoms with E-state index in [0.717, 1.165) is 33.3 Å². The fraction of sp³-hybridized carbons (Fsp3) is 0.154. The molecule has 0 aliphatic carbocycles. The van der Waals surface area contributed by atoms with E-state index < -0.39 is 0 Å². The summed E-state index contributed by atoms with van der Waals surface area (Å²) in [6.45, 7) is 0.419. The Morgan fingerprint density at radius 3 is 2.69 bits per heavy atom. The molecule has 36 heavy (non-hydrogen) atoms. The zero-order chi connectivity index (χ0) is 25.0. The maximum atomic E-state index is 13.7. The Hall–Kier alpha value is -4.73. The molecule has 0 saturated carbocycles. The molecule has 1 aromatic carbocycles. The van der Waals surface area contributed by atoms with E-state index in [-0.39, 0.29) is 23.7 Å². The van der Waals surface area contributed by atoms with Crippen LogP contribution in [0.15, 0.2) is 66.1 Å². The zero-order valence-electron chi connectivity index (χ0n) is 19.6. The van der Waals surface area contributed by atoms with Crippen molar-refractivity contribution in [2.75, 3.05) is 10.2 Å². The third-order valence-electron chi connectivity index (χ3n) is 6.38. The van der Waals surface area contributed by atoms with Crippen molar-refractivity contribution in [2.45, 2.75) is 13.0 Å². The van der Waals surface area contributed by atoms with Crippen LogP contribution in [0.5, 0.6) is 0 Å². The number of aryl methyl sites for hydroxylation is 2. The van der Waals surface area contributed by atoms with Crippen molar-refractivity contribution >= 4 is 34.0 Å². The zero-order valence-corrected chi connectivity index (χ0v) is 19.6. The van der Waals surface area contributed by atoms with Gasteiger partial charge in [0.2, 0.25) is 5.91 Å². The first kappa shape index (κ1) is 21.8. The van der Waals surface area contributed by atoms with Crippen LogP contribution < -0.4 is 15.8 Å². The van der Waals surface area contributed by atoms with Crippen LogP contribution in [0, 0.1) is 5.82 Å². The number of nitrogens with zero attached hydrogens (tertiary/aromatic N) is 5. The van der Waals surface area contributed by atoms with E-state index in [4.69, 9.17) is 4.98 Å². The minimum atomic E-state index is -0.330. The Bertz CT molecular complexity index is 1700. The van der Waals surface area contributed by atoms with Gasteiger partial charge in [-0.25, -0.2) is 9.37 Å². The first-order chi connectivity index (χ1) is 17.4. The van der Waals surface area contributed by atoms with Gasteiger partial charge in [0.15, 0.2) is 0 Å². The highest BCUT2D eigenvalue weighted by Crippen LogP contribution is 2.43. The van der Waals surface area contributed by atoms with Gasteiger partial charge in [-0.1, -0.05) is 0 Å². The van der Waals surface area contributed by atoms with Gasteiger partial charge in [0, 0.05) is 54.9 Å². The molecule has 9 nitrogen and oxygen atoms in total. The molecule has 0 saturated heterocycles. The van der Waals surface area contributed by atoms with Gasteiger partial charge in [0.05, 0.1) is 31.0 Å². The van der Waals surface area contributed by atoms with Crippen molar-refractivity contribution in [3.05, 3.63) is 88.6 Å². The summed E-state index contributed by atoms with van der Waals surface area (Å²) in [7, 11) is 3.63. The summed E-state index contributed by atoms with van der Waals surface area (Å²) in [5, 5.41) is 7.86. The average molecular weight is 484 g/mol. The Morgan fingerprint density at radius 1 is 1.14 bits per heavy atom. The number of hydrogen-bond donors (Lipinski definition) is 2. The fourth-order valence-corrected chi connectivity index (χ4v) is 4.82. The number of carbonyl (C=O) groups excluding carboxylic acids is 1. The number of carbonyl (C=O) groups is 1. The minimum Gasteiger partial charge on any atom is -0.345 e. The van der Waals surface area contributed by atoms with Crippen molar-refractivity contribution in [3.63, 3.8) is 0 Å². The van der Waals surface area contributed by atoms with Crippen LogP contribution in [0.3, 0.4) is 0 Å². The van der Waals surface area contributed by atoms with E-state index in [1.165, 1.54) is 12.1 Å². The fourth-order valence-electron chi connectivity index (χ4n) is 4.82. The lowest BCUT2D eigenvalue weighted by molar-refractivity contribution is -0.115. The predicted molar refractivity (Wildman–Crippen MR) is 135 cm³/mol. The van der Waals surface area contributed by atoms with Crippen molar-refractivity contribution < 1.29 is 9.18 Å². The number of aromatic amines is 1. The monoisotopic (exact) mass is 483 g/mol. The number of H-pyrrole nitrogens is 1. The summed E-state index contributed by atoms with van der Waals surface area (Å²) < 4.78 is 17.1. The highest BCUT2D eigenvalue weighted by atomic mass is 19.1. The molecule has 10 heteroatoms. The molecule has 2 N–H and O–H groups in total. The Kier molecular flexibility index (Phi) is 4.96. The number of benzene rings is 1. The third-order valence-corrected chi connectivity index (χ3v) is 6.38. The molecule has 5 heterocycles. The van der Waals surface area contributed by atoms with Gasteiger partial charge in [-0.15, -0.1) is 0 Å². The lowest BCUT2D eigenvalue weighted by Gasteiger charge is -2.25. The number of aromatic nitrogens is 5. The van der Waals surface area contributed by atoms with Gasteiger partial charge >= 0.3 is 0 Å². The first-order valence-corrected chi connectivity index (χ1v) is 11.4. The molecule has 6 rings (SSSR count). The second-order valence-electron chi connectivity index (χ2n) is 8.93. The molecule has 0 radical (unpaired) electrons. The summed E-state index contributed by atoms with van der Waals surface area (Å²) in [5.41, 5.74) is 4.97. The standard InChI is InChI=1S/C26H22FN7O2/c1-32-14-21-20-8-18(31-22(35)7-15-9-30-33(2)12-15)11-28-25(20)34(19-5-3-17(27)4-6-19)13-16-10-29-26(36)24(32)23(16)21/h3-6,8-12,14H,7,13H2,1-2H3,(H,29,36)(H,31,35). The Morgan fingerprint density at radius 2 is 1.94 bits per heavy atom. The summed E-state index contributed by atoms with van der Waals surface area (Å²) in [4.78, 5) is 34.9. The van der Waals surface area contributed by atoms with E-state index in [0.29, 0.717) is 23.6 Å². The lowest BCUT2D eigenvalue weighted by atomic mass is 10.0. The molecule has 0 spiro atoms. The number of anilines is 3. The summed E-state index contributed by atoms with van der Waals surface area (Å²) >= 11 is 0. The first-order valence-electron chi connectivity index (χ1n) is 11.4. The van der Waals surface area contributed by atoms with Gasteiger partial charge in [-0.2, -0.15) is 5.10 Å². The maximum absolute atomic E-state index is 13.7. The summed E-state index contributed by atoms with van der Waals surface area (Å²) in [6, 6.07) is 8.07. The van der Waals surface area contributed by atoms with Crippen LogP contribution in [-0.4, -0.2) is 30.2 Å². The van der Waals surface area contributed by atoms with Crippen LogP contribution in [0.4, 0.5) is 21.6 Å². The quantitative estimate of drug-likeness (QED) is 0.407. The van der Waals surface area contributed by atoms with Gasteiger partial charge in [-0.3, -0.25) is 14.3 Å². The van der Waals surface area contributed by atoms with E-state index >= 15 is 0 Å². The van der Waals surface area contributed by atoms with Crippen LogP contribution in [-0.2, 0) is 31.9 Å². The van der Waals surface area contributed by atoms with Crippen molar-refractivity contribution in [3.8, 4) is 11.1 Å². The highest BCUT2D eigenvalue weighted by Gasteiger charge is 2.27. The molecule has 1 aliphatic heterocycles. The second-order valence-corrected chi connectivity index (χ2v) is 8.93. The molecular weight excluding hydrogens is 461 g/mol. The number of hydrogen-bond acceptors (Lipinski definition) is 5. The molecular formula is C26H22FN7O2. The number of amides is 1. The number of nitrogens with one attached hydrogen (secondary N) is 2. The van der Waals surface area contributed by atoms with Crippen molar-refractivity contribution in [1.82, 2.24) is 24.3 Å². The van der Waals surface area contributed by atoms with E-state index in [2.05, 4.69) is 15.4 Å². The summed E-state index contributed by atoms with van der Waals surface area (Å²) in [5.74, 6) is 0.121. The SMILES string of the molecule is Cn1cc(CC(=O)Nc2cnc3c(c2)-c2cn(C)c4c(=O)[nH]cc(c24)CN3c2ccc(F)cc2)cn1. The molecule has 1 aliphatic rings. The molecule has 180 valence electrons. The molecule has 1 amide bonds. The highest BCUT2D eigenvalue weighted by molar-refractivity contribution is 6.03. The van der Waals surface area contributed by atoms with E-state index in [9.17, 15) is 14.0 Å². The topological polar surface area (TPSA) is 101 Å². The van der Waals surface area contributed by atoms with E-state index in [1.54, 1.807) is 53.2 Å². The molecule has 0 atom stereocenters. The van der Waals surface area contributed by atoms with E-state index in [1.807, 2.05) is 24.2 Å². The van der Waals surface area contributed by atoms with Crippen LogP contribution >= 0.6 is 0 Å². The second kappa shape index (κ2) is 8.19. The third kappa shape index (κ3) is 3.63. The molecule has 0 unspecified atom stereocenters. The Labute approximate surface area is 204 Å². The van der Waals surface area contributed by atoms with Crippen LogP contribution in [0.1, 0.15) is 11.1 Å². The molecule has 0 bridgehead atoms. The van der Waals surface area contributed by atoms with Gasteiger partial charge < -0.3 is 19.8 Å². The number of rotatable bonds is 4. The number of fused-ring (bicyclic) bond motifs is 2. The predicted octanol–water partition coefficient (Wildman–Crippen LogP) is 3.63. The lowest BCUT2D eigenvalue weighted by Crippen LogP contribution is -2.19. The normalized spacial score (nSPS) is 12.5. The molecule has 5 aromatic rings. The largest absolute Gasteiger partial charge is 0.345 e. The molecule has 0 fully saturated rings. The smallest absolute Gasteiger partial charge is 0.272 e. The number of halogens is 1.